The molecular formula is C16H23BrFNO2. The lowest BCUT2D eigenvalue weighted by Gasteiger charge is -2.38. The monoisotopic (exact) mass is 359 g/mol. The fourth-order valence-corrected chi connectivity index (χ4v) is 3.24. The largest absolute Gasteiger partial charge is 0.383 e. The lowest BCUT2D eigenvalue weighted by atomic mass is 9.75. The third-order valence-electron chi connectivity index (χ3n) is 4.11. The molecule has 21 heavy (non-hydrogen) atoms. The van der Waals surface area contributed by atoms with Crippen LogP contribution in [0.1, 0.15) is 18.4 Å². The predicted molar refractivity (Wildman–Crippen MR) is 85.0 cm³/mol. The molecule has 0 saturated carbocycles. The number of halogens is 2. The Morgan fingerprint density at radius 1 is 1.38 bits per heavy atom. The lowest BCUT2D eigenvalue weighted by molar-refractivity contribution is 0.0139. The topological polar surface area (TPSA) is 30.5 Å². The summed E-state index contributed by atoms with van der Waals surface area (Å²) in [6.45, 7) is 3.88. The molecule has 2 rings (SSSR count). The van der Waals surface area contributed by atoms with E-state index < -0.39 is 0 Å². The second kappa shape index (κ2) is 8.22. The summed E-state index contributed by atoms with van der Waals surface area (Å²) < 4.78 is 25.5. The van der Waals surface area contributed by atoms with Crippen molar-refractivity contribution < 1.29 is 13.9 Å². The highest BCUT2D eigenvalue weighted by Crippen LogP contribution is 2.35. The zero-order valence-corrected chi connectivity index (χ0v) is 14.0. The van der Waals surface area contributed by atoms with Crippen molar-refractivity contribution in [1.82, 2.24) is 5.32 Å². The molecular weight excluding hydrogens is 337 g/mol. The molecule has 1 aromatic rings. The van der Waals surface area contributed by atoms with Crippen LogP contribution in [0, 0.1) is 11.2 Å². The van der Waals surface area contributed by atoms with Gasteiger partial charge in [0.25, 0.3) is 0 Å². The first-order valence-electron chi connectivity index (χ1n) is 7.37. The second-order valence-corrected chi connectivity index (χ2v) is 6.61. The molecule has 1 aliphatic rings. The van der Waals surface area contributed by atoms with Crippen LogP contribution in [0.25, 0.3) is 0 Å². The summed E-state index contributed by atoms with van der Waals surface area (Å²) in [5.41, 5.74) is 0.841. The molecule has 118 valence electrons. The highest BCUT2D eigenvalue weighted by atomic mass is 79.9. The van der Waals surface area contributed by atoms with E-state index >= 15 is 0 Å². The van der Waals surface area contributed by atoms with Crippen molar-refractivity contribution in [3.63, 3.8) is 0 Å². The molecule has 0 aromatic heterocycles. The SMILES string of the molecule is COCCNCC1(Cc2cc(Br)ccc2F)CCOCC1. The van der Waals surface area contributed by atoms with Gasteiger partial charge in [-0.05, 0) is 48.4 Å². The van der Waals surface area contributed by atoms with Crippen molar-refractivity contribution in [2.75, 3.05) is 40.0 Å². The molecule has 1 N–H and O–H groups in total. The van der Waals surface area contributed by atoms with Crippen LogP contribution in [0.15, 0.2) is 22.7 Å². The van der Waals surface area contributed by atoms with Gasteiger partial charge in [-0.1, -0.05) is 15.9 Å². The van der Waals surface area contributed by atoms with Crippen molar-refractivity contribution in [1.29, 1.82) is 0 Å². The summed E-state index contributed by atoms with van der Waals surface area (Å²) in [4.78, 5) is 0. The summed E-state index contributed by atoms with van der Waals surface area (Å²) in [7, 11) is 1.70. The minimum Gasteiger partial charge on any atom is -0.383 e. The average molecular weight is 360 g/mol. The molecule has 0 spiro atoms. The third kappa shape index (κ3) is 5.02. The molecule has 1 fully saturated rings. The summed E-state index contributed by atoms with van der Waals surface area (Å²) in [5.74, 6) is -0.124. The van der Waals surface area contributed by atoms with Crippen LogP contribution in [0.4, 0.5) is 4.39 Å². The van der Waals surface area contributed by atoms with Crippen molar-refractivity contribution in [2.24, 2.45) is 5.41 Å². The molecule has 0 unspecified atom stereocenters. The van der Waals surface area contributed by atoms with E-state index in [1.54, 1.807) is 13.2 Å². The standard InChI is InChI=1S/C16H23BrFNO2/c1-20-9-6-19-12-16(4-7-21-8-5-16)11-13-10-14(17)2-3-15(13)18/h2-3,10,19H,4-9,11-12H2,1H3. The van der Waals surface area contributed by atoms with Crippen LogP contribution < -0.4 is 5.32 Å². The molecule has 0 aliphatic carbocycles. The average Bonchev–Trinajstić information content (AvgIpc) is 2.49. The molecule has 0 radical (unpaired) electrons. The Morgan fingerprint density at radius 3 is 2.86 bits per heavy atom. The molecule has 3 nitrogen and oxygen atoms in total. The van der Waals surface area contributed by atoms with Gasteiger partial charge in [0.15, 0.2) is 0 Å². The molecule has 0 bridgehead atoms. The number of ether oxygens (including phenoxy) is 2. The van der Waals surface area contributed by atoms with E-state index in [-0.39, 0.29) is 11.2 Å². The van der Waals surface area contributed by atoms with Crippen molar-refractivity contribution in [3.8, 4) is 0 Å². The molecule has 5 heteroatoms. The maximum absolute atomic E-state index is 14.0. The van der Waals surface area contributed by atoms with Gasteiger partial charge in [0.05, 0.1) is 6.61 Å². The number of nitrogens with one attached hydrogen (secondary N) is 1. The summed E-state index contributed by atoms with van der Waals surface area (Å²) >= 11 is 3.43. The number of hydrogen-bond donors (Lipinski definition) is 1. The minimum absolute atomic E-state index is 0.0631. The van der Waals surface area contributed by atoms with Gasteiger partial charge in [0.1, 0.15) is 5.82 Å². The summed E-state index contributed by atoms with van der Waals surface area (Å²) in [6.07, 6.45) is 2.65. The van der Waals surface area contributed by atoms with Gasteiger partial charge in [0, 0.05) is 37.9 Å². The molecule has 1 saturated heterocycles. The Kier molecular flexibility index (Phi) is 6.61. The summed E-state index contributed by atoms with van der Waals surface area (Å²) in [5, 5.41) is 3.44. The Hall–Kier alpha value is -0.490. The normalized spacial score (nSPS) is 17.9. The lowest BCUT2D eigenvalue weighted by Crippen LogP contribution is -2.41. The maximum atomic E-state index is 14.0. The zero-order valence-electron chi connectivity index (χ0n) is 12.5. The third-order valence-corrected chi connectivity index (χ3v) is 4.60. The van der Waals surface area contributed by atoms with Crippen molar-refractivity contribution in [2.45, 2.75) is 19.3 Å². The maximum Gasteiger partial charge on any atom is 0.126 e. The number of methoxy groups -OCH3 is 1. The smallest absolute Gasteiger partial charge is 0.126 e. The predicted octanol–water partition coefficient (Wildman–Crippen LogP) is 3.16. The van der Waals surface area contributed by atoms with E-state index in [9.17, 15) is 4.39 Å². The fraction of sp³-hybridized carbons (Fsp3) is 0.625. The quantitative estimate of drug-likeness (QED) is 0.758. The first kappa shape index (κ1) is 16.9. The van der Waals surface area contributed by atoms with Gasteiger partial charge in [-0.3, -0.25) is 0 Å². The van der Waals surface area contributed by atoms with E-state index in [4.69, 9.17) is 9.47 Å². The van der Waals surface area contributed by atoms with E-state index in [2.05, 4.69) is 21.2 Å². The number of rotatable bonds is 7. The van der Waals surface area contributed by atoms with Gasteiger partial charge in [-0.25, -0.2) is 4.39 Å². The second-order valence-electron chi connectivity index (χ2n) is 5.69. The Morgan fingerprint density at radius 2 is 2.14 bits per heavy atom. The van der Waals surface area contributed by atoms with Gasteiger partial charge >= 0.3 is 0 Å². The van der Waals surface area contributed by atoms with Crippen molar-refractivity contribution in [3.05, 3.63) is 34.1 Å². The molecule has 1 heterocycles. The van der Waals surface area contributed by atoms with E-state index in [1.807, 2.05) is 6.07 Å². The first-order chi connectivity index (χ1) is 10.2. The number of benzene rings is 1. The zero-order chi connectivity index (χ0) is 15.1. The highest BCUT2D eigenvalue weighted by Gasteiger charge is 2.33. The first-order valence-corrected chi connectivity index (χ1v) is 8.16. The van der Waals surface area contributed by atoms with Gasteiger partial charge in [-0.15, -0.1) is 0 Å². The summed E-state index contributed by atoms with van der Waals surface area (Å²) in [6, 6.07) is 5.17. The van der Waals surface area contributed by atoms with Crippen LogP contribution in [-0.4, -0.2) is 40.0 Å². The van der Waals surface area contributed by atoms with Crippen molar-refractivity contribution >= 4 is 15.9 Å². The molecule has 1 aromatic carbocycles. The van der Waals surface area contributed by atoms with E-state index in [0.717, 1.165) is 55.6 Å². The van der Waals surface area contributed by atoms with Gasteiger partial charge in [-0.2, -0.15) is 0 Å². The minimum atomic E-state index is -0.124. The molecule has 1 aliphatic heterocycles. The van der Waals surface area contributed by atoms with Crippen LogP contribution in [-0.2, 0) is 15.9 Å². The Bertz CT molecular complexity index is 450. The van der Waals surface area contributed by atoms with E-state index in [0.29, 0.717) is 6.61 Å². The van der Waals surface area contributed by atoms with Crippen LogP contribution in [0.2, 0.25) is 0 Å². The highest BCUT2D eigenvalue weighted by molar-refractivity contribution is 9.10. The number of hydrogen-bond acceptors (Lipinski definition) is 3. The Balaban J connectivity index is 2.06. The molecule has 0 atom stereocenters. The van der Waals surface area contributed by atoms with Gasteiger partial charge in [0.2, 0.25) is 0 Å². The fourth-order valence-electron chi connectivity index (χ4n) is 2.83. The van der Waals surface area contributed by atoms with Crippen LogP contribution in [0.3, 0.4) is 0 Å². The van der Waals surface area contributed by atoms with E-state index in [1.165, 1.54) is 6.07 Å². The molecule has 0 amide bonds. The van der Waals surface area contributed by atoms with Gasteiger partial charge < -0.3 is 14.8 Å². The van der Waals surface area contributed by atoms with Crippen LogP contribution in [0.5, 0.6) is 0 Å². The van der Waals surface area contributed by atoms with Crippen LogP contribution >= 0.6 is 15.9 Å². The Labute approximate surface area is 134 Å².